The molecule has 0 spiro atoms. The van der Waals surface area contributed by atoms with Crippen LogP contribution in [0.5, 0.6) is 5.75 Å². The summed E-state index contributed by atoms with van der Waals surface area (Å²) in [6.07, 6.45) is -0.383. The van der Waals surface area contributed by atoms with Crippen molar-refractivity contribution in [2.45, 2.75) is 32.4 Å². The number of nitrogens with one attached hydrogen (secondary N) is 1. The molecule has 0 aliphatic carbocycles. The molecule has 11 heteroatoms. The average Bonchev–Trinajstić information content (AvgIpc) is 2.71. The number of amides is 1. The van der Waals surface area contributed by atoms with Crippen LogP contribution < -0.4 is 15.0 Å². The highest BCUT2D eigenvalue weighted by molar-refractivity contribution is 6.29. The number of carbonyl (C=O) groups is 2. The molecule has 2 aliphatic rings. The molecule has 1 aromatic heterocycles. The number of anilines is 1. The standard InChI is InChI=1S/C20H29ClN4O6/c1-20(2,3)31-19(28)25-5-4-22-13(11-25)12-30-14-10-15(21)23-17(16(14)18(26)27)24-6-8-29-9-7-24/h10,13,22H,4-9,11-12H2,1-3H3,(H,26,27)/t13-/m1/s1. The topological polar surface area (TPSA) is 113 Å². The third-order valence-electron chi connectivity index (χ3n) is 4.80. The summed E-state index contributed by atoms with van der Waals surface area (Å²) in [5.74, 6) is -0.733. The molecule has 3 heterocycles. The van der Waals surface area contributed by atoms with Gasteiger partial charge in [-0.2, -0.15) is 0 Å². The van der Waals surface area contributed by atoms with Crippen LogP contribution in [-0.4, -0.2) is 91.2 Å². The van der Waals surface area contributed by atoms with E-state index in [1.165, 1.54) is 6.07 Å². The maximum atomic E-state index is 12.4. The fourth-order valence-corrected chi connectivity index (χ4v) is 3.60. The van der Waals surface area contributed by atoms with Gasteiger partial charge in [-0.25, -0.2) is 14.6 Å². The van der Waals surface area contributed by atoms with Crippen LogP contribution in [0.2, 0.25) is 5.15 Å². The molecule has 0 unspecified atom stereocenters. The lowest BCUT2D eigenvalue weighted by molar-refractivity contribution is 0.0178. The van der Waals surface area contributed by atoms with Gasteiger partial charge in [0.2, 0.25) is 0 Å². The Morgan fingerprint density at radius 1 is 1.32 bits per heavy atom. The maximum Gasteiger partial charge on any atom is 0.410 e. The van der Waals surface area contributed by atoms with Crippen molar-refractivity contribution in [3.05, 3.63) is 16.8 Å². The number of carbonyl (C=O) groups excluding carboxylic acids is 1. The number of carboxylic acid groups (broad SMARTS) is 1. The molecule has 0 bridgehead atoms. The number of hydrogen-bond acceptors (Lipinski definition) is 8. The van der Waals surface area contributed by atoms with Gasteiger partial charge in [-0.05, 0) is 20.8 Å². The molecule has 1 atom stereocenters. The van der Waals surface area contributed by atoms with Crippen molar-refractivity contribution in [3.63, 3.8) is 0 Å². The van der Waals surface area contributed by atoms with Gasteiger partial charge in [0.15, 0.2) is 0 Å². The lowest BCUT2D eigenvalue weighted by Crippen LogP contribution is -2.55. The van der Waals surface area contributed by atoms with Gasteiger partial charge in [-0.1, -0.05) is 11.6 Å². The van der Waals surface area contributed by atoms with Gasteiger partial charge in [0.1, 0.15) is 34.5 Å². The number of morpholine rings is 1. The molecule has 10 nitrogen and oxygen atoms in total. The van der Waals surface area contributed by atoms with Crippen LogP contribution >= 0.6 is 11.6 Å². The highest BCUT2D eigenvalue weighted by Crippen LogP contribution is 2.31. The summed E-state index contributed by atoms with van der Waals surface area (Å²) in [5.41, 5.74) is -0.611. The van der Waals surface area contributed by atoms with Gasteiger partial charge in [0.05, 0.1) is 19.3 Å². The van der Waals surface area contributed by atoms with E-state index in [4.69, 9.17) is 25.8 Å². The summed E-state index contributed by atoms with van der Waals surface area (Å²) < 4.78 is 16.6. The monoisotopic (exact) mass is 456 g/mol. The number of hydrogen-bond donors (Lipinski definition) is 2. The van der Waals surface area contributed by atoms with E-state index in [-0.39, 0.29) is 41.0 Å². The summed E-state index contributed by atoms with van der Waals surface area (Å²) >= 11 is 6.17. The predicted molar refractivity (Wildman–Crippen MR) is 114 cm³/mol. The molecule has 0 saturated carbocycles. The number of carboxylic acids is 1. The largest absolute Gasteiger partial charge is 0.491 e. The molecule has 0 aromatic carbocycles. The Kier molecular flexibility index (Phi) is 7.45. The van der Waals surface area contributed by atoms with Crippen LogP contribution in [0.15, 0.2) is 6.07 Å². The molecule has 2 N–H and O–H groups in total. The van der Waals surface area contributed by atoms with E-state index < -0.39 is 11.6 Å². The van der Waals surface area contributed by atoms with Crippen molar-refractivity contribution in [3.8, 4) is 5.75 Å². The minimum atomic E-state index is -1.15. The maximum absolute atomic E-state index is 12.4. The van der Waals surface area contributed by atoms with E-state index in [9.17, 15) is 14.7 Å². The molecule has 31 heavy (non-hydrogen) atoms. The zero-order valence-electron chi connectivity index (χ0n) is 18.0. The Bertz CT molecular complexity index is 810. The highest BCUT2D eigenvalue weighted by atomic mass is 35.5. The second kappa shape index (κ2) is 9.88. The number of piperazine rings is 1. The van der Waals surface area contributed by atoms with Crippen molar-refractivity contribution in [2.75, 3.05) is 57.4 Å². The third-order valence-corrected chi connectivity index (χ3v) is 5.00. The first kappa shape index (κ1) is 23.4. The Labute approximate surface area is 186 Å². The molecule has 1 amide bonds. The summed E-state index contributed by atoms with van der Waals surface area (Å²) in [6.45, 7) is 9.09. The number of nitrogens with zero attached hydrogens (tertiary/aromatic N) is 3. The van der Waals surface area contributed by atoms with Gasteiger partial charge in [-0.15, -0.1) is 0 Å². The summed E-state index contributed by atoms with van der Waals surface area (Å²) in [7, 11) is 0. The predicted octanol–water partition coefficient (Wildman–Crippen LogP) is 1.86. The van der Waals surface area contributed by atoms with Gasteiger partial charge >= 0.3 is 12.1 Å². The Balaban J connectivity index is 1.71. The first-order valence-electron chi connectivity index (χ1n) is 10.2. The first-order chi connectivity index (χ1) is 14.6. The number of pyridine rings is 1. The second-order valence-electron chi connectivity index (χ2n) is 8.43. The Hall–Kier alpha value is -2.30. The van der Waals surface area contributed by atoms with Crippen LogP contribution in [-0.2, 0) is 9.47 Å². The minimum Gasteiger partial charge on any atom is -0.491 e. The van der Waals surface area contributed by atoms with Crippen LogP contribution in [0.3, 0.4) is 0 Å². The molecule has 3 rings (SSSR count). The zero-order chi connectivity index (χ0) is 22.6. The fourth-order valence-electron chi connectivity index (χ4n) is 3.42. The fraction of sp³-hybridized carbons (Fsp3) is 0.650. The van der Waals surface area contributed by atoms with Crippen molar-refractivity contribution in [1.82, 2.24) is 15.2 Å². The van der Waals surface area contributed by atoms with E-state index in [0.717, 1.165) is 0 Å². The molecule has 2 saturated heterocycles. The second-order valence-corrected chi connectivity index (χ2v) is 8.82. The lowest BCUT2D eigenvalue weighted by atomic mass is 10.2. The van der Waals surface area contributed by atoms with E-state index in [1.807, 2.05) is 25.7 Å². The summed E-state index contributed by atoms with van der Waals surface area (Å²) in [6, 6.07) is 1.21. The molecule has 0 radical (unpaired) electrons. The highest BCUT2D eigenvalue weighted by Gasteiger charge is 2.29. The Morgan fingerprint density at radius 2 is 2.03 bits per heavy atom. The number of aromatic carboxylic acids is 1. The first-order valence-corrected chi connectivity index (χ1v) is 10.6. The summed E-state index contributed by atoms with van der Waals surface area (Å²) in [4.78, 5) is 32.1. The van der Waals surface area contributed by atoms with Crippen LogP contribution in [0.1, 0.15) is 31.1 Å². The average molecular weight is 457 g/mol. The van der Waals surface area contributed by atoms with Crippen molar-refractivity contribution in [1.29, 1.82) is 0 Å². The quantitative estimate of drug-likeness (QED) is 0.640. The SMILES string of the molecule is CC(C)(C)OC(=O)N1CCN[C@@H](COc2cc(Cl)nc(N3CCOCC3)c2C(=O)O)C1. The number of ether oxygens (including phenoxy) is 3. The molecule has 1 aromatic rings. The van der Waals surface area contributed by atoms with Gasteiger partial charge in [-0.3, -0.25) is 0 Å². The Morgan fingerprint density at radius 3 is 2.68 bits per heavy atom. The van der Waals surface area contributed by atoms with E-state index in [1.54, 1.807) is 4.90 Å². The molecule has 2 aliphatic heterocycles. The van der Waals surface area contributed by atoms with Gasteiger partial charge < -0.3 is 34.4 Å². The molecule has 2 fully saturated rings. The van der Waals surface area contributed by atoms with E-state index in [0.29, 0.717) is 45.9 Å². The van der Waals surface area contributed by atoms with Gasteiger partial charge in [0, 0.05) is 38.8 Å². The number of rotatable bonds is 5. The lowest BCUT2D eigenvalue weighted by Gasteiger charge is -2.35. The van der Waals surface area contributed by atoms with Gasteiger partial charge in [0.25, 0.3) is 0 Å². The molecular formula is C20H29ClN4O6. The molecular weight excluding hydrogens is 428 g/mol. The van der Waals surface area contributed by atoms with Crippen LogP contribution in [0.4, 0.5) is 10.6 Å². The van der Waals surface area contributed by atoms with Crippen molar-refractivity contribution >= 4 is 29.5 Å². The third kappa shape index (κ3) is 6.34. The van der Waals surface area contributed by atoms with E-state index in [2.05, 4.69) is 10.3 Å². The molecule has 172 valence electrons. The van der Waals surface area contributed by atoms with E-state index >= 15 is 0 Å². The van der Waals surface area contributed by atoms with Crippen LogP contribution in [0.25, 0.3) is 0 Å². The van der Waals surface area contributed by atoms with Crippen LogP contribution in [0, 0.1) is 0 Å². The number of aromatic nitrogens is 1. The summed E-state index contributed by atoms with van der Waals surface area (Å²) in [5, 5.41) is 13.2. The number of halogens is 1. The zero-order valence-corrected chi connectivity index (χ0v) is 18.8. The van der Waals surface area contributed by atoms with Crippen molar-refractivity contribution < 1.29 is 28.9 Å². The smallest absolute Gasteiger partial charge is 0.410 e. The normalized spacial score (nSPS) is 19.8. The minimum absolute atomic E-state index is 0.0360. The van der Waals surface area contributed by atoms with Crippen molar-refractivity contribution in [2.24, 2.45) is 0 Å².